The molecule has 3 N–H and O–H groups in total. The minimum absolute atomic E-state index is 0.0757. The van der Waals surface area contributed by atoms with Gasteiger partial charge in [-0.2, -0.15) is 0 Å². The van der Waals surface area contributed by atoms with Crippen molar-refractivity contribution >= 4 is 11.9 Å². The van der Waals surface area contributed by atoms with Crippen molar-refractivity contribution in [3.8, 4) is 0 Å². The van der Waals surface area contributed by atoms with Crippen LogP contribution in [-0.4, -0.2) is 35.6 Å². The summed E-state index contributed by atoms with van der Waals surface area (Å²) < 4.78 is 0. The van der Waals surface area contributed by atoms with Gasteiger partial charge in [-0.15, -0.1) is 0 Å². The Balaban J connectivity index is 2.02. The van der Waals surface area contributed by atoms with Gasteiger partial charge in [-0.3, -0.25) is 4.79 Å². The molecule has 1 saturated heterocycles. The second kappa shape index (κ2) is 6.37. The monoisotopic (exact) mass is 268 g/mol. The average molecular weight is 268 g/mol. The fourth-order valence-electron chi connectivity index (χ4n) is 3.14. The molecular formula is C14H24N2O3. The van der Waals surface area contributed by atoms with Crippen LogP contribution in [0.25, 0.3) is 0 Å². The van der Waals surface area contributed by atoms with E-state index in [-0.39, 0.29) is 11.8 Å². The minimum atomic E-state index is -1.02. The molecule has 0 aromatic heterocycles. The zero-order valence-electron chi connectivity index (χ0n) is 11.4. The van der Waals surface area contributed by atoms with Crippen molar-refractivity contribution in [2.24, 2.45) is 5.92 Å². The lowest BCUT2D eigenvalue weighted by atomic mass is 9.88. The molecule has 2 aliphatic rings. The lowest BCUT2D eigenvalue weighted by molar-refractivity contribution is -0.149. The van der Waals surface area contributed by atoms with Crippen molar-refractivity contribution in [1.29, 1.82) is 0 Å². The van der Waals surface area contributed by atoms with Crippen molar-refractivity contribution in [3.63, 3.8) is 0 Å². The van der Waals surface area contributed by atoms with Crippen LogP contribution in [0, 0.1) is 5.92 Å². The number of carboxylic acid groups (broad SMARTS) is 1. The van der Waals surface area contributed by atoms with Gasteiger partial charge in [-0.25, -0.2) is 4.79 Å². The highest BCUT2D eigenvalue weighted by Crippen LogP contribution is 2.28. The number of rotatable bonds is 3. The van der Waals surface area contributed by atoms with Crippen LogP contribution >= 0.6 is 0 Å². The van der Waals surface area contributed by atoms with Crippen LogP contribution in [0.15, 0.2) is 0 Å². The number of hydrogen-bond acceptors (Lipinski definition) is 3. The first kappa shape index (κ1) is 14.3. The van der Waals surface area contributed by atoms with Crippen LogP contribution in [0.3, 0.4) is 0 Å². The Morgan fingerprint density at radius 3 is 2.32 bits per heavy atom. The fraction of sp³-hybridized carbons (Fsp3) is 0.857. The van der Waals surface area contributed by atoms with Gasteiger partial charge < -0.3 is 15.7 Å². The second-order valence-corrected chi connectivity index (χ2v) is 5.83. The Morgan fingerprint density at radius 2 is 1.79 bits per heavy atom. The second-order valence-electron chi connectivity index (χ2n) is 5.83. The lowest BCUT2D eigenvalue weighted by Gasteiger charge is -2.32. The van der Waals surface area contributed by atoms with Crippen molar-refractivity contribution in [3.05, 3.63) is 0 Å². The zero-order chi connectivity index (χ0) is 13.7. The molecule has 2 rings (SSSR count). The van der Waals surface area contributed by atoms with Crippen LogP contribution < -0.4 is 10.6 Å². The van der Waals surface area contributed by atoms with Crippen molar-refractivity contribution < 1.29 is 14.7 Å². The van der Waals surface area contributed by atoms with Gasteiger partial charge in [0.1, 0.15) is 5.54 Å². The smallest absolute Gasteiger partial charge is 0.329 e. The van der Waals surface area contributed by atoms with Crippen molar-refractivity contribution in [2.45, 2.75) is 56.9 Å². The zero-order valence-corrected chi connectivity index (χ0v) is 11.4. The molecule has 1 aliphatic carbocycles. The highest BCUT2D eigenvalue weighted by Gasteiger charge is 2.41. The van der Waals surface area contributed by atoms with Gasteiger partial charge in [0.2, 0.25) is 5.91 Å². The van der Waals surface area contributed by atoms with Gasteiger partial charge in [0.15, 0.2) is 0 Å². The molecule has 0 unspecified atom stereocenters. The molecule has 1 atom stereocenters. The molecule has 1 amide bonds. The van der Waals surface area contributed by atoms with Gasteiger partial charge in [-0.1, -0.05) is 25.7 Å². The molecule has 0 bridgehead atoms. The van der Waals surface area contributed by atoms with E-state index in [2.05, 4.69) is 10.6 Å². The van der Waals surface area contributed by atoms with E-state index < -0.39 is 11.5 Å². The highest BCUT2D eigenvalue weighted by molar-refractivity contribution is 5.88. The summed E-state index contributed by atoms with van der Waals surface area (Å²) in [6, 6.07) is 0. The minimum Gasteiger partial charge on any atom is -0.480 e. The third kappa shape index (κ3) is 3.47. The summed E-state index contributed by atoms with van der Waals surface area (Å²) in [4.78, 5) is 23.9. The molecule has 5 heteroatoms. The largest absolute Gasteiger partial charge is 0.480 e. The van der Waals surface area contributed by atoms with E-state index in [0.717, 1.165) is 45.1 Å². The molecule has 1 heterocycles. The summed E-state index contributed by atoms with van der Waals surface area (Å²) in [5.41, 5.74) is -1.02. The molecule has 0 aromatic rings. The maximum atomic E-state index is 12.3. The van der Waals surface area contributed by atoms with Gasteiger partial charge >= 0.3 is 5.97 Å². The summed E-state index contributed by atoms with van der Waals surface area (Å²) in [6.45, 7) is 1.62. The molecule has 1 saturated carbocycles. The number of carboxylic acids is 1. The van der Waals surface area contributed by atoms with Crippen LogP contribution in [0.2, 0.25) is 0 Å². The molecular weight excluding hydrogens is 244 g/mol. The number of aliphatic carboxylic acids is 1. The van der Waals surface area contributed by atoms with E-state index >= 15 is 0 Å². The van der Waals surface area contributed by atoms with Crippen LogP contribution in [0.4, 0.5) is 0 Å². The Kier molecular flexibility index (Phi) is 4.80. The molecule has 0 radical (unpaired) electrons. The quantitative estimate of drug-likeness (QED) is 0.674. The predicted octanol–water partition coefficient (Wildman–Crippen LogP) is 1.28. The predicted molar refractivity (Wildman–Crippen MR) is 71.8 cm³/mol. The summed E-state index contributed by atoms with van der Waals surface area (Å²) >= 11 is 0. The molecule has 108 valence electrons. The molecule has 1 aliphatic heterocycles. The van der Waals surface area contributed by atoms with E-state index in [0.29, 0.717) is 19.4 Å². The first-order valence-corrected chi connectivity index (χ1v) is 7.40. The van der Waals surface area contributed by atoms with E-state index in [1.807, 2.05) is 0 Å². The van der Waals surface area contributed by atoms with Crippen molar-refractivity contribution in [2.75, 3.05) is 13.1 Å². The maximum absolute atomic E-state index is 12.3. The third-order valence-electron chi connectivity index (χ3n) is 4.40. The van der Waals surface area contributed by atoms with Crippen molar-refractivity contribution in [1.82, 2.24) is 10.6 Å². The Hall–Kier alpha value is -1.10. The first-order valence-electron chi connectivity index (χ1n) is 7.40. The summed E-state index contributed by atoms with van der Waals surface area (Å²) in [6.07, 6.45) is 6.87. The summed E-state index contributed by atoms with van der Waals surface area (Å²) in [5, 5.41) is 15.6. The van der Waals surface area contributed by atoms with Gasteiger partial charge in [0.25, 0.3) is 0 Å². The number of piperidine rings is 1. The number of nitrogens with one attached hydrogen (secondary N) is 2. The third-order valence-corrected chi connectivity index (χ3v) is 4.40. The van der Waals surface area contributed by atoms with Crippen LogP contribution in [0.1, 0.15) is 51.4 Å². The lowest BCUT2D eigenvalue weighted by Crippen LogP contribution is -2.57. The number of carbonyl (C=O) groups is 2. The molecule has 2 fully saturated rings. The number of carbonyl (C=O) groups excluding carboxylic acids is 1. The van der Waals surface area contributed by atoms with Gasteiger partial charge in [0, 0.05) is 6.54 Å². The summed E-state index contributed by atoms with van der Waals surface area (Å²) in [7, 11) is 0. The normalized spacial score (nSPS) is 27.3. The molecule has 0 aromatic carbocycles. The number of amides is 1. The number of hydrogen-bond donors (Lipinski definition) is 3. The Morgan fingerprint density at radius 1 is 1.11 bits per heavy atom. The maximum Gasteiger partial charge on any atom is 0.329 e. The van der Waals surface area contributed by atoms with E-state index in [1.54, 1.807) is 0 Å². The fourth-order valence-corrected chi connectivity index (χ4v) is 3.14. The van der Waals surface area contributed by atoms with E-state index in [4.69, 9.17) is 0 Å². The Bertz CT molecular complexity index is 330. The van der Waals surface area contributed by atoms with Gasteiger partial charge in [0.05, 0.1) is 5.92 Å². The molecule has 0 spiro atoms. The van der Waals surface area contributed by atoms with Crippen LogP contribution in [0.5, 0.6) is 0 Å². The van der Waals surface area contributed by atoms with E-state index in [1.165, 1.54) is 0 Å². The average Bonchev–Trinajstić information content (AvgIpc) is 2.66. The molecule has 19 heavy (non-hydrogen) atoms. The topological polar surface area (TPSA) is 78.4 Å². The SMILES string of the molecule is O=C(NC1(C(=O)O)CCCCCC1)[C@@H]1CCCNC1. The Labute approximate surface area is 114 Å². The standard InChI is InChI=1S/C14H24N2O3/c17-12(11-6-5-9-15-10-11)16-14(13(18)19)7-3-1-2-4-8-14/h11,15H,1-10H2,(H,16,17)(H,18,19)/t11-/m1/s1. The van der Waals surface area contributed by atoms with E-state index in [9.17, 15) is 14.7 Å². The molecule has 5 nitrogen and oxygen atoms in total. The highest BCUT2D eigenvalue weighted by atomic mass is 16.4. The van der Waals surface area contributed by atoms with Gasteiger partial charge in [-0.05, 0) is 32.2 Å². The van der Waals surface area contributed by atoms with Crippen LogP contribution in [-0.2, 0) is 9.59 Å². The summed E-state index contributed by atoms with van der Waals surface area (Å²) in [5.74, 6) is -1.03. The first-order chi connectivity index (χ1) is 9.14.